The highest BCUT2D eigenvalue weighted by atomic mass is 19.1. The quantitative estimate of drug-likeness (QED) is 0.905. The first kappa shape index (κ1) is 15.3. The predicted octanol–water partition coefficient (Wildman–Crippen LogP) is 2.14. The summed E-state index contributed by atoms with van der Waals surface area (Å²) < 4.78 is 13.7. The SMILES string of the molecule is O=C(NC1CCC(C(=O)O)CC1)c1cc(F)cc2nccnc12. The molecule has 2 N–H and O–H groups in total. The van der Waals surface area contributed by atoms with Gasteiger partial charge in [-0.25, -0.2) is 4.39 Å². The molecule has 1 aliphatic carbocycles. The van der Waals surface area contributed by atoms with Gasteiger partial charge in [0.15, 0.2) is 0 Å². The number of carbonyl (C=O) groups excluding carboxylic acids is 1. The molecule has 0 saturated heterocycles. The van der Waals surface area contributed by atoms with Gasteiger partial charge in [-0.2, -0.15) is 0 Å². The summed E-state index contributed by atoms with van der Waals surface area (Å²) in [5, 5.41) is 11.8. The van der Waals surface area contributed by atoms with Crippen LogP contribution < -0.4 is 5.32 Å². The molecule has 0 unspecified atom stereocenters. The number of carbonyl (C=O) groups is 2. The van der Waals surface area contributed by atoms with E-state index in [1.807, 2.05) is 0 Å². The highest BCUT2D eigenvalue weighted by Crippen LogP contribution is 2.25. The second-order valence-corrected chi connectivity index (χ2v) is 5.74. The lowest BCUT2D eigenvalue weighted by Gasteiger charge is -2.26. The minimum absolute atomic E-state index is 0.104. The van der Waals surface area contributed by atoms with Gasteiger partial charge in [0.05, 0.1) is 17.0 Å². The van der Waals surface area contributed by atoms with Crippen molar-refractivity contribution in [3.05, 3.63) is 35.9 Å². The van der Waals surface area contributed by atoms with E-state index in [0.717, 1.165) is 6.07 Å². The molecule has 0 bridgehead atoms. The van der Waals surface area contributed by atoms with Crippen molar-refractivity contribution in [2.45, 2.75) is 31.7 Å². The van der Waals surface area contributed by atoms with Crippen LogP contribution in [0.5, 0.6) is 0 Å². The average Bonchev–Trinajstić information content (AvgIpc) is 2.54. The number of carboxylic acid groups (broad SMARTS) is 1. The fourth-order valence-corrected chi connectivity index (χ4v) is 2.96. The van der Waals surface area contributed by atoms with E-state index in [0.29, 0.717) is 36.7 Å². The number of hydrogen-bond donors (Lipinski definition) is 2. The number of aliphatic carboxylic acids is 1. The van der Waals surface area contributed by atoms with Crippen LogP contribution in [0.4, 0.5) is 4.39 Å². The molecule has 120 valence electrons. The van der Waals surface area contributed by atoms with Crippen LogP contribution in [0.1, 0.15) is 36.0 Å². The van der Waals surface area contributed by atoms with E-state index in [4.69, 9.17) is 5.11 Å². The molecule has 6 nitrogen and oxygen atoms in total. The third-order valence-electron chi connectivity index (χ3n) is 4.19. The zero-order valence-electron chi connectivity index (χ0n) is 12.3. The monoisotopic (exact) mass is 317 g/mol. The Hall–Kier alpha value is -2.57. The Morgan fingerprint density at radius 2 is 1.83 bits per heavy atom. The van der Waals surface area contributed by atoms with Gasteiger partial charge in [0.1, 0.15) is 11.3 Å². The second-order valence-electron chi connectivity index (χ2n) is 5.74. The fraction of sp³-hybridized carbons (Fsp3) is 0.375. The zero-order chi connectivity index (χ0) is 16.4. The number of amides is 1. The van der Waals surface area contributed by atoms with Gasteiger partial charge in [-0.15, -0.1) is 0 Å². The van der Waals surface area contributed by atoms with E-state index in [9.17, 15) is 14.0 Å². The number of benzene rings is 1. The molecule has 1 heterocycles. The summed E-state index contributed by atoms with van der Waals surface area (Å²) in [6.07, 6.45) is 5.16. The maximum Gasteiger partial charge on any atom is 0.306 e. The van der Waals surface area contributed by atoms with Crippen molar-refractivity contribution in [2.24, 2.45) is 5.92 Å². The summed E-state index contributed by atoms with van der Waals surface area (Å²) in [4.78, 5) is 31.5. The molecule has 3 rings (SSSR count). The molecule has 7 heteroatoms. The second kappa shape index (κ2) is 6.28. The Labute approximate surface area is 131 Å². The van der Waals surface area contributed by atoms with Crippen molar-refractivity contribution in [1.29, 1.82) is 0 Å². The number of carboxylic acids is 1. The lowest BCUT2D eigenvalue weighted by molar-refractivity contribution is -0.142. The van der Waals surface area contributed by atoms with Crippen LogP contribution in [0.2, 0.25) is 0 Å². The number of halogens is 1. The summed E-state index contributed by atoms with van der Waals surface area (Å²) in [6.45, 7) is 0. The molecule has 1 saturated carbocycles. The van der Waals surface area contributed by atoms with Gasteiger partial charge in [0.25, 0.3) is 5.91 Å². The average molecular weight is 317 g/mol. The van der Waals surface area contributed by atoms with Crippen LogP contribution in [0.15, 0.2) is 24.5 Å². The Bertz CT molecular complexity index is 757. The highest BCUT2D eigenvalue weighted by Gasteiger charge is 2.27. The number of fused-ring (bicyclic) bond motifs is 1. The highest BCUT2D eigenvalue weighted by molar-refractivity contribution is 6.04. The van der Waals surface area contributed by atoms with E-state index in [1.54, 1.807) is 0 Å². The fourth-order valence-electron chi connectivity index (χ4n) is 2.96. The number of rotatable bonds is 3. The van der Waals surface area contributed by atoms with E-state index in [1.165, 1.54) is 18.5 Å². The first-order chi connectivity index (χ1) is 11.0. The summed E-state index contributed by atoms with van der Waals surface area (Å²) in [7, 11) is 0. The minimum Gasteiger partial charge on any atom is -0.481 e. The Morgan fingerprint density at radius 1 is 1.13 bits per heavy atom. The van der Waals surface area contributed by atoms with Crippen LogP contribution in [-0.2, 0) is 4.79 Å². The number of nitrogens with one attached hydrogen (secondary N) is 1. The molecule has 1 aromatic heterocycles. The van der Waals surface area contributed by atoms with E-state index in [2.05, 4.69) is 15.3 Å². The zero-order valence-corrected chi connectivity index (χ0v) is 12.3. The molecule has 0 atom stereocenters. The van der Waals surface area contributed by atoms with Crippen molar-refractivity contribution < 1.29 is 19.1 Å². The van der Waals surface area contributed by atoms with E-state index >= 15 is 0 Å². The van der Waals surface area contributed by atoms with Gasteiger partial charge in [-0.05, 0) is 31.7 Å². The smallest absolute Gasteiger partial charge is 0.306 e. The molecule has 0 spiro atoms. The lowest BCUT2D eigenvalue weighted by Crippen LogP contribution is -2.38. The molecule has 1 amide bonds. The number of aromatic nitrogens is 2. The molecular weight excluding hydrogens is 301 g/mol. The third-order valence-corrected chi connectivity index (χ3v) is 4.19. The molecule has 1 fully saturated rings. The van der Waals surface area contributed by atoms with Gasteiger partial charge in [-0.1, -0.05) is 0 Å². The third kappa shape index (κ3) is 3.28. The normalized spacial score (nSPS) is 21.1. The maximum atomic E-state index is 13.7. The molecule has 1 aliphatic rings. The van der Waals surface area contributed by atoms with Crippen molar-refractivity contribution in [3.8, 4) is 0 Å². The molecule has 0 radical (unpaired) electrons. The van der Waals surface area contributed by atoms with Crippen LogP contribution in [0.3, 0.4) is 0 Å². The van der Waals surface area contributed by atoms with Crippen LogP contribution in [-0.4, -0.2) is 33.0 Å². The first-order valence-electron chi connectivity index (χ1n) is 7.48. The standard InChI is InChI=1S/C16H16FN3O3/c17-10-7-12(14-13(8-10)18-5-6-19-14)15(21)20-11-3-1-9(2-4-11)16(22)23/h5-9,11H,1-4H2,(H,20,21)(H,22,23). The van der Waals surface area contributed by atoms with Gasteiger partial charge in [0, 0.05) is 24.5 Å². The predicted molar refractivity (Wildman–Crippen MR) is 80.3 cm³/mol. The van der Waals surface area contributed by atoms with Crippen molar-refractivity contribution in [3.63, 3.8) is 0 Å². The Balaban J connectivity index is 1.76. The molecule has 1 aromatic carbocycles. The van der Waals surface area contributed by atoms with Crippen LogP contribution >= 0.6 is 0 Å². The molecule has 0 aliphatic heterocycles. The van der Waals surface area contributed by atoms with E-state index in [-0.39, 0.29) is 17.5 Å². The van der Waals surface area contributed by atoms with Crippen molar-refractivity contribution >= 4 is 22.9 Å². The summed E-state index contributed by atoms with van der Waals surface area (Å²) >= 11 is 0. The number of hydrogen-bond acceptors (Lipinski definition) is 4. The largest absolute Gasteiger partial charge is 0.481 e. The Morgan fingerprint density at radius 3 is 2.52 bits per heavy atom. The minimum atomic E-state index is -0.791. The van der Waals surface area contributed by atoms with Crippen molar-refractivity contribution in [1.82, 2.24) is 15.3 Å². The first-order valence-corrected chi connectivity index (χ1v) is 7.48. The van der Waals surface area contributed by atoms with Crippen LogP contribution in [0.25, 0.3) is 11.0 Å². The van der Waals surface area contributed by atoms with Crippen molar-refractivity contribution in [2.75, 3.05) is 0 Å². The molecular formula is C16H16FN3O3. The summed E-state index contributed by atoms with van der Waals surface area (Å²) in [6, 6.07) is 2.28. The lowest BCUT2D eigenvalue weighted by atomic mass is 9.86. The van der Waals surface area contributed by atoms with E-state index < -0.39 is 17.7 Å². The van der Waals surface area contributed by atoms with Gasteiger partial charge >= 0.3 is 5.97 Å². The summed E-state index contributed by atoms with van der Waals surface area (Å²) in [5.74, 6) is -2.09. The van der Waals surface area contributed by atoms with Gasteiger partial charge < -0.3 is 10.4 Å². The summed E-state index contributed by atoms with van der Waals surface area (Å²) in [5.41, 5.74) is 0.825. The molecule has 2 aromatic rings. The van der Waals surface area contributed by atoms with Gasteiger partial charge in [0.2, 0.25) is 0 Å². The molecule has 23 heavy (non-hydrogen) atoms. The van der Waals surface area contributed by atoms with Gasteiger partial charge in [-0.3, -0.25) is 19.6 Å². The van der Waals surface area contributed by atoms with Crippen LogP contribution in [0, 0.1) is 11.7 Å². The Kier molecular flexibility index (Phi) is 4.18. The maximum absolute atomic E-state index is 13.7. The number of nitrogens with zero attached hydrogens (tertiary/aromatic N) is 2. The topological polar surface area (TPSA) is 92.2 Å².